The van der Waals surface area contributed by atoms with Gasteiger partial charge in [0, 0.05) is 12.6 Å². The van der Waals surface area contributed by atoms with Crippen LogP contribution in [0.1, 0.15) is 73.1 Å². The molecule has 1 fully saturated rings. The van der Waals surface area contributed by atoms with E-state index in [0.29, 0.717) is 6.04 Å². The summed E-state index contributed by atoms with van der Waals surface area (Å²) >= 11 is 0. The highest BCUT2D eigenvalue weighted by Gasteiger charge is 2.41. The number of nitrogens with one attached hydrogen (secondary N) is 1. The van der Waals surface area contributed by atoms with E-state index in [1.54, 1.807) is 0 Å². The summed E-state index contributed by atoms with van der Waals surface area (Å²) in [6.07, 6.45) is 8.01. The summed E-state index contributed by atoms with van der Waals surface area (Å²) in [6.45, 7) is 13.1. The van der Waals surface area contributed by atoms with Gasteiger partial charge in [0.05, 0.1) is 5.60 Å². The molecule has 0 amide bonds. The number of hydrogen-bond acceptors (Lipinski definition) is 2. The molecule has 0 bridgehead atoms. The minimum absolute atomic E-state index is 0.0137. The number of ether oxygens (including phenoxy) is 1. The number of likely N-dealkylation sites (N-methyl/N-ethyl adjacent to an activating group) is 1. The van der Waals surface area contributed by atoms with Crippen molar-refractivity contribution in [3.05, 3.63) is 0 Å². The standard InChI is InChI=1S/C17H35NO/c1-6-14-12-10-11-13-15(14)16(18-8-3)17(5,7-2)19-9-4/h14-16,18H,6-13H2,1-5H3. The predicted octanol–water partition coefficient (Wildman–Crippen LogP) is 4.39. The average molecular weight is 269 g/mol. The Bertz CT molecular complexity index is 243. The predicted molar refractivity (Wildman–Crippen MR) is 83.5 cm³/mol. The smallest absolute Gasteiger partial charge is 0.0806 e. The minimum atomic E-state index is -0.0137. The molecule has 0 saturated heterocycles. The zero-order chi connectivity index (χ0) is 14.3. The lowest BCUT2D eigenvalue weighted by Gasteiger charge is -2.46. The Kier molecular flexibility index (Phi) is 7.38. The van der Waals surface area contributed by atoms with Gasteiger partial charge in [-0.05, 0) is 45.1 Å². The molecule has 4 unspecified atom stereocenters. The molecule has 1 aliphatic rings. The molecule has 0 heterocycles. The van der Waals surface area contributed by atoms with Gasteiger partial charge in [0.1, 0.15) is 0 Å². The Morgan fingerprint density at radius 1 is 1.16 bits per heavy atom. The second-order valence-corrected chi connectivity index (χ2v) is 6.25. The van der Waals surface area contributed by atoms with Crippen LogP contribution in [0.5, 0.6) is 0 Å². The molecule has 0 aliphatic heterocycles. The van der Waals surface area contributed by atoms with Gasteiger partial charge in [-0.2, -0.15) is 0 Å². The number of hydrogen-bond donors (Lipinski definition) is 1. The molecule has 4 atom stereocenters. The third-order valence-electron chi connectivity index (χ3n) is 5.18. The lowest BCUT2D eigenvalue weighted by Crippen LogP contribution is -2.56. The maximum absolute atomic E-state index is 6.18. The Morgan fingerprint density at radius 2 is 1.84 bits per heavy atom. The third kappa shape index (κ3) is 4.19. The molecule has 0 aromatic rings. The van der Waals surface area contributed by atoms with Crippen molar-refractivity contribution in [1.82, 2.24) is 5.32 Å². The van der Waals surface area contributed by atoms with Crippen LogP contribution in [0.2, 0.25) is 0 Å². The molecule has 2 nitrogen and oxygen atoms in total. The zero-order valence-electron chi connectivity index (χ0n) is 13.8. The summed E-state index contributed by atoms with van der Waals surface area (Å²) in [6, 6.07) is 0.507. The molecule has 2 heteroatoms. The first-order valence-electron chi connectivity index (χ1n) is 8.50. The van der Waals surface area contributed by atoms with Gasteiger partial charge in [0.2, 0.25) is 0 Å². The van der Waals surface area contributed by atoms with Crippen LogP contribution < -0.4 is 5.32 Å². The Hall–Kier alpha value is -0.0800. The largest absolute Gasteiger partial charge is 0.374 e. The minimum Gasteiger partial charge on any atom is -0.374 e. The van der Waals surface area contributed by atoms with Crippen molar-refractivity contribution < 1.29 is 4.74 Å². The molecule has 19 heavy (non-hydrogen) atoms. The lowest BCUT2D eigenvalue weighted by atomic mass is 9.69. The molecule has 1 aliphatic carbocycles. The van der Waals surface area contributed by atoms with Crippen molar-refractivity contribution in [2.24, 2.45) is 11.8 Å². The van der Waals surface area contributed by atoms with Gasteiger partial charge in [-0.1, -0.05) is 46.5 Å². The van der Waals surface area contributed by atoms with E-state index in [1.807, 2.05) is 0 Å². The maximum atomic E-state index is 6.18. The second kappa shape index (κ2) is 8.26. The Morgan fingerprint density at radius 3 is 2.37 bits per heavy atom. The third-order valence-corrected chi connectivity index (χ3v) is 5.18. The van der Waals surface area contributed by atoms with Crippen LogP contribution >= 0.6 is 0 Å². The monoisotopic (exact) mass is 269 g/mol. The molecular formula is C17H35NO. The van der Waals surface area contributed by atoms with Crippen molar-refractivity contribution >= 4 is 0 Å². The van der Waals surface area contributed by atoms with Gasteiger partial charge in [0.25, 0.3) is 0 Å². The first kappa shape index (κ1) is 17.0. The van der Waals surface area contributed by atoms with Gasteiger partial charge >= 0.3 is 0 Å². The molecule has 114 valence electrons. The van der Waals surface area contributed by atoms with Crippen LogP contribution in [0.25, 0.3) is 0 Å². The first-order valence-corrected chi connectivity index (χ1v) is 8.50. The van der Waals surface area contributed by atoms with Crippen molar-refractivity contribution in [1.29, 1.82) is 0 Å². The molecule has 0 radical (unpaired) electrons. The van der Waals surface area contributed by atoms with Gasteiger partial charge in [0.15, 0.2) is 0 Å². The fourth-order valence-corrected chi connectivity index (χ4v) is 3.96. The van der Waals surface area contributed by atoms with Crippen molar-refractivity contribution in [2.45, 2.75) is 84.8 Å². The zero-order valence-corrected chi connectivity index (χ0v) is 13.8. The van der Waals surface area contributed by atoms with Crippen LogP contribution in [0.4, 0.5) is 0 Å². The summed E-state index contributed by atoms with van der Waals surface area (Å²) in [7, 11) is 0. The van der Waals surface area contributed by atoms with Crippen LogP contribution in [-0.2, 0) is 4.74 Å². The van der Waals surface area contributed by atoms with E-state index in [9.17, 15) is 0 Å². The molecule has 1 rings (SSSR count). The highest BCUT2D eigenvalue weighted by Crippen LogP contribution is 2.39. The highest BCUT2D eigenvalue weighted by atomic mass is 16.5. The topological polar surface area (TPSA) is 21.3 Å². The highest BCUT2D eigenvalue weighted by molar-refractivity contribution is 4.96. The van der Waals surface area contributed by atoms with Gasteiger partial charge < -0.3 is 10.1 Å². The second-order valence-electron chi connectivity index (χ2n) is 6.25. The lowest BCUT2D eigenvalue weighted by molar-refractivity contribution is -0.0802. The summed E-state index contributed by atoms with van der Waals surface area (Å²) in [5, 5.41) is 3.77. The summed E-state index contributed by atoms with van der Waals surface area (Å²) in [5.41, 5.74) is -0.0137. The van der Waals surface area contributed by atoms with Crippen molar-refractivity contribution in [3.8, 4) is 0 Å². The van der Waals surface area contributed by atoms with Crippen molar-refractivity contribution in [2.75, 3.05) is 13.2 Å². The summed E-state index contributed by atoms with van der Waals surface area (Å²) in [4.78, 5) is 0. The van der Waals surface area contributed by atoms with Gasteiger partial charge in [-0.15, -0.1) is 0 Å². The van der Waals surface area contributed by atoms with Gasteiger partial charge in [-0.25, -0.2) is 0 Å². The Labute approximate surface area is 120 Å². The molecular weight excluding hydrogens is 234 g/mol. The molecule has 1 N–H and O–H groups in total. The fourth-order valence-electron chi connectivity index (χ4n) is 3.96. The van der Waals surface area contributed by atoms with E-state index < -0.39 is 0 Å². The number of rotatable bonds is 8. The van der Waals surface area contributed by atoms with E-state index >= 15 is 0 Å². The molecule has 0 spiro atoms. The van der Waals surface area contributed by atoms with E-state index in [4.69, 9.17) is 4.74 Å². The van der Waals surface area contributed by atoms with E-state index in [-0.39, 0.29) is 5.60 Å². The molecule has 1 saturated carbocycles. The SMILES string of the molecule is CCNC(C1CCCCC1CC)C(C)(CC)OCC. The van der Waals surface area contributed by atoms with Crippen molar-refractivity contribution in [3.63, 3.8) is 0 Å². The van der Waals surface area contributed by atoms with E-state index in [2.05, 4.69) is 39.9 Å². The molecule has 0 aromatic heterocycles. The van der Waals surface area contributed by atoms with E-state index in [1.165, 1.54) is 32.1 Å². The quantitative estimate of drug-likeness (QED) is 0.706. The van der Waals surface area contributed by atoms with E-state index in [0.717, 1.165) is 31.4 Å². The Balaban J connectivity index is 2.89. The fraction of sp³-hybridized carbons (Fsp3) is 1.00. The summed E-state index contributed by atoms with van der Waals surface area (Å²) in [5.74, 6) is 1.67. The molecule has 0 aromatic carbocycles. The maximum Gasteiger partial charge on any atom is 0.0806 e. The summed E-state index contributed by atoms with van der Waals surface area (Å²) < 4.78 is 6.18. The van der Waals surface area contributed by atoms with Crippen LogP contribution in [0, 0.1) is 11.8 Å². The normalized spacial score (nSPS) is 28.9. The van der Waals surface area contributed by atoms with Crippen LogP contribution in [-0.4, -0.2) is 24.8 Å². The first-order chi connectivity index (χ1) is 9.12. The van der Waals surface area contributed by atoms with Crippen LogP contribution in [0.3, 0.4) is 0 Å². The van der Waals surface area contributed by atoms with Crippen LogP contribution in [0.15, 0.2) is 0 Å². The van der Waals surface area contributed by atoms with Gasteiger partial charge in [-0.3, -0.25) is 0 Å². The average Bonchev–Trinajstić information content (AvgIpc) is 2.45.